The lowest BCUT2D eigenvalue weighted by Crippen LogP contribution is -2.51. The van der Waals surface area contributed by atoms with Crippen LogP contribution in [-0.4, -0.2) is 51.4 Å². The van der Waals surface area contributed by atoms with E-state index in [9.17, 15) is 18.0 Å². The number of halogens is 2. The van der Waals surface area contributed by atoms with E-state index in [2.05, 4.69) is 5.32 Å². The molecule has 0 saturated carbocycles. The van der Waals surface area contributed by atoms with E-state index in [0.717, 1.165) is 4.31 Å². The van der Waals surface area contributed by atoms with Gasteiger partial charge < -0.3 is 15.0 Å². The number of anilines is 1. The topological polar surface area (TPSA) is 96.0 Å². The molecule has 0 aliphatic rings. The van der Waals surface area contributed by atoms with E-state index in [1.165, 1.54) is 24.1 Å². The molecule has 0 saturated heterocycles. The fourth-order valence-electron chi connectivity index (χ4n) is 4.09. The average Bonchev–Trinajstić information content (AvgIpc) is 2.93. The molecular weight excluding hydrogens is 561 g/mol. The van der Waals surface area contributed by atoms with Crippen molar-refractivity contribution in [2.75, 3.05) is 24.5 Å². The first-order valence-electron chi connectivity index (χ1n) is 12.4. The summed E-state index contributed by atoms with van der Waals surface area (Å²) in [6.45, 7) is 3.23. The van der Waals surface area contributed by atoms with E-state index in [-0.39, 0.29) is 29.5 Å². The Morgan fingerprint density at radius 2 is 1.64 bits per heavy atom. The molecule has 39 heavy (non-hydrogen) atoms. The SMILES string of the molecule is CCOc1ccccc1N(CC(=O)N(Cc1ccc(Cl)cc1Cl)C(CC)C(=O)NC)S(=O)(=O)c1ccccc1. The second kappa shape index (κ2) is 13.7. The first-order chi connectivity index (χ1) is 18.6. The molecule has 0 aliphatic carbocycles. The van der Waals surface area contributed by atoms with Crippen LogP contribution in [0.3, 0.4) is 0 Å². The maximum absolute atomic E-state index is 14.0. The summed E-state index contributed by atoms with van der Waals surface area (Å²) < 4.78 is 34.6. The third-order valence-electron chi connectivity index (χ3n) is 6.03. The van der Waals surface area contributed by atoms with Crippen molar-refractivity contribution in [3.05, 3.63) is 88.4 Å². The van der Waals surface area contributed by atoms with Crippen molar-refractivity contribution in [3.63, 3.8) is 0 Å². The number of para-hydroxylation sites is 2. The average molecular weight is 593 g/mol. The lowest BCUT2D eigenvalue weighted by atomic mass is 10.1. The van der Waals surface area contributed by atoms with Gasteiger partial charge in [-0.05, 0) is 55.3 Å². The molecular formula is C28H31Cl2N3O5S. The van der Waals surface area contributed by atoms with Crippen LogP contribution in [0.15, 0.2) is 77.7 Å². The van der Waals surface area contributed by atoms with Crippen LogP contribution in [0.2, 0.25) is 10.0 Å². The van der Waals surface area contributed by atoms with Gasteiger partial charge in [0.05, 0.1) is 17.2 Å². The number of benzene rings is 3. The van der Waals surface area contributed by atoms with Gasteiger partial charge in [-0.3, -0.25) is 13.9 Å². The van der Waals surface area contributed by atoms with Gasteiger partial charge in [0, 0.05) is 23.6 Å². The summed E-state index contributed by atoms with van der Waals surface area (Å²) in [6, 6.07) is 18.4. The zero-order chi connectivity index (χ0) is 28.6. The summed E-state index contributed by atoms with van der Waals surface area (Å²) in [7, 11) is -2.73. The van der Waals surface area contributed by atoms with Crippen LogP contribution in [0.1, 0.15) is 25.8 Å². The van der Waals surface area contributed by atoms with Gasteiger partial charge in [-0.15, -0.1) is 0 Å². The van der Waals surface area contributed by atoms with Gasteiger partial charge >= 0.3 is 0 Å². The van der Waals surface area contributed by atoms with Crippen LogP contribution in [0.5, 0.6) is 5.75 Å². The molecule has 0 fully saturated rings. The monoisotopic (exact) mass is 591 g/mol. The first-order valence-corrected chi connectivity index (χ1v) is 14.6. The van der Waals surface area contributed by atoms with Gasteiger partial charge in [0.25, 0.3) is 10.0 Å². The summed E-state index contributed by atoms with van der Waals surface area (Å²) in [6.07, 6.45) is 0.289. The van der Waals surface area contributed by atoms with Gasteiger partial charge in [-0.1, -0.05) is 66.5 Å². The maximum atomic E-state index is 14.0. The number of nitrogens with zero attached hydrogens (tertiary/aromatic N) is 2. The number of amides is 2. The molecule has 3 rings (SSSR count). The molecule has 2 amide bonds. The van der Waals surface area contributed by atoms with Gasteiger partial charge in [0.2, 0.25) is 11.8 Å². The fourth-order valence-corrected chi connectivity index (χ4v) is 6.01. The minimum atomic E-state index is -4.21. The van der Waals surface area contributed by atoms with Crippen LogP contribution in [0.25, 0.3) is 0 Å². The summed E-state index contributed by atoms with van der Waals surface area (Å²) in [5.41, 5.74) is 0.762. The van der Waals surface area contributed by atoms with Gasteiger partial charge in [-0.25, -0.2) is 8.42 Å². The number of likely N-dealkylation sites (N-methyl/N-ethyl adjacent to an activating group) is 1. The molecule has 1 atom stereocenters. The number of hydrogen-bond donors (Lipinski definition) is 1. The molecule has 8 nitrogen and oxygen atoms in total. The molecule has 1 N–H and O–H groups in total. The van der Waals surface area contributed by atoms with E-state index in [1.54, 1.807) is 74.5 Å². The molecule has 0 aromatic heterocycles. The Balaban J connectivity index is 2.12. The Labute approximate surface area is 239 Å². The van der Waals surface area contributed by atoms with E-state index in [1.807, 2.05) is 0 Å². The largest absolute Gasteiger partial charge is 0.492 e. The van der Waals surface area contributed by atoms with Crippen LogP contribution < -0.4 is 14.4 Å². The number of nitrogens with one attached hydrogen (secondary N) is 1. The second-order valence-corrected chi connectivity index (χ2v) is 11.2. The highest BCUT2D eigenvalue weighted by atomic mass is 35.5. The minimum Gasteiger partial charge on any atom is -0.492 e. The molecule has 11 heteroatoms. The highest BCUT2D eigenvalue weighted by Gasteiger charge is 2.34. The lowest BCUT2D eigenvalue weighted by molar-refractivity contribution is -0.140. The van der Waals surface area contributed by atoms with Crippen molar-refractivity contribution in [2.24, 2.45) is 0 Å². The van der Waals surface area contributed by atoms with Crippen molar-refractivity contribution in [2.45, 2.75) is 37.8 Å². The summed E-state index contributed by atoms with van der Waals surface area (Å²) in [5.74, 6) is -0.677. The quantitative estimate of drug-likeness (QED) is 0.314. The molecule has 1 unspecified atom stereocenters. The summed E-state index contributed by atoms with van der Waals surface area (Å²) in [5, 5.41) is 3.33. The van der Waals surface area contributed by atoms with E-state index in [4.69, 9.17) is 27.9 Å². The van der Waals surface area contributed by atoms with Crippen molar-refractivity contribution in [1.29, 1.82) is 0 Å². The van der Waals surface area contributed by atoms with Crippen LogP contribution >= 0.6 is 23.2 Å². The number of ether oxygens (including phenoxy) is 1. The Kier molecular flexibility index (Phi) is 10.6. The smallest absolute Gasteiger partial charge is 0.264 e. The minimum absolute atomic E-state index is 0.00902. The number of carbonyl (C=O) groups excluding carboxylic acids is 2. The highest BCUT2D eigenvalue weighted by molar-refractivity contribution is 7.92. The molecule has 0 heterocycles. The van der Waals surface area contributed by atoms with E-state index >= 15 is 0 Å². The number of hydrogen-bond acceptors (Lipinski definition) is 5. The predicted molar refractivity (Wildman–Crippen MR) is 154 cm³/mol. The van der Waals surface area contributed by atoms with Crippen LogP contribution in [0, 0.1) is 0 Å². The van der Waals surface area contributed by atoms with E-state index < -0.39 is 28.5 Å². The van der Waals surface area contributed by atoms with Crippen molar-refractivity contribution in [3.8, 4) is 5.75 Å². The first kappa shape index (κ1) is 30.3. The molecule has 0 bridgehead atoms. The Hall–Kier alpha value is -3.27. The Bertz CT molecular complexity index is 1400. The van der Waals surface area contributed by atoms with Crippen molar-refractivity contribution >= 4 is 50.7 Å². The fraction of sp³-hybridized carbons (Fsp3) is 0.286. The standard InChI is InChI=1S/C28H31Cl2N3O5S/c1-4-24(28(35)31-3)32(18-20-15-16-21(29)17-23(20)30)27(34)19-33(25-13-9-10-14-26(25)38-5-2)39(36,37)22-11-7-6-8-12-22/h6-17,24H,4-5,18-19H2,1-3H3,(H,31,35). The predicted octanol–water partition coefficient (Wildman–Crippen LogP) is 5.14. The molecule has 208 valence electrons. The van der Waals surface area contributed by atoms with Gasteiger partial charge in [0.15, 0.2) is 0 Å². The van der Waals surface area contributed by atoms with Gasteiger partial charge in [0.1, 0.15) is 18.3 Å². The number of sulfonamides is 1. The Morgan fingerprint density at radius 3 is 2.26 bits per heavy atom. The molecule has 0 aliphatic heterocycles. The third-order valence-corrected chi connectivity index (χ3v) is 8.39. The number of carbonyl (C=O) groups is 2. The zero-order valence-corrected chi connectivity index (χ0v) is 24.3. The zero-order valence-electron chi connectivity index (χ0n) is 21.9. The van der Waals surface area contributed by atoms with Crippen molar-refractivity contribution < 1.29 is 22.7 Å². The van der Waals surface area contributed by atoms with Crippen LogP contribution in [-0.2, 0) is 26.2 Å². The van der Waals surface area contributed by atoms with Crippen molar-refractivity contribution in [1.82, 2.24) is 10.2 Å². The Morgan fingerprint density at radius 1 is 0.974 bits per heavy atom. The normalized spacial score (nSPS) is 11.9. The highest BCUT2D eigenvalue weighted by Crippen LogP contribution is 2.33. The van der Waals surface area contributed by atoms with Crippen LogP contribution in [0.4, 0.5) is 5.69 Å². The lowest BCUT2D eigenvalue weighted by Gasteiger charge is -2.33. The maximum Gasteiger partial charge on any atom is 0.264 e. The third kappa shape index (κ3) is 7.23. The molecule has 0 radical (unpaired) electrons. The second-order valence-electron chi connectivity index (χ2n) is 8.52. The molecule has 3 aromatic carbocycles. The summed E-state index contributed by atoms with van der Waals surface area (Å²) >= 11 is 12.5. The summed E-state index contributed by atoms with van der Waals surface area (Å²) in [4.78, 5) is 28.2. The number of rotatable bonds is 12. The molecule has 3 aromatic rings. The van der Waals surface area contributed by atoms with E-state index in [0.29, 0.717) is 28.0 Å². The molecule has 0 spiro atoms. The van der Waals surface area contributed by atoms with Gasteiger partial charge in [-0.2, -0.15) is 0 Å².